The van der Waals surface area contributed by atoms with Crippen molar-refractivity contribution in [3.8, 4) is 11.8 Å². The third kappa shape index (κ3) is 5.00. The van der Waals surface area contributed by atoms with Crippen molar-refractivity contribution in [1.29, 1.82) is 5.26 Å². The van der Waals surface area contributed by atoms with E-state index in [9.17, 15) is 8.42 Å². The fourth-order valence-electron chi connectivity index (χ4n) is 1.53. The summed E-state index contributed by atoms with van der Waals surface area (Å²) < 4.78 is 27.8. The number of hydrogen-bond donors (Lipinski definition) is 1. The lowest BCUT2D eigenvalue weighted by Gasteiger charge is -2.15. The second-order valence-electron chi connectivity index (χ2n) is 5.08. The van der Waals surface area contributed by atoms with Crippen molar-refractivity contribution in [2.45, 2.75) is 31.6 Å². The monoisotopic (exact) mass is 316 g/mol. The topological polar surface area (TPSA) is 93.2 Å². The maximum Gasteiger partial charge on any atom is 0.238 e. The van der Waals surface area contributed by atoms with Gasteiger partial charge in [-0.2, -0.15) is 5.26 Å². The number of halogens is 1. The van der Waals surface area contributed by atoms with Crippen molar-refractivity contribution < 1.29 is 13.2 Å². The molecule has 0 saturated carbocycles. The van der Waals surface area contributed by atoms with Crippen LogP contribution in [0.5, 0.6) is 5.75 Å². The molecule has 2 N–H and O–H groups in total. The van der Waals surface area contributed by atoms with Gasteiger partial charge in [0.2, 0.25) is 10.0 Å². The summed E-state index contributed by atoms with van der Waals surface area (Å²) in [4.78, 5) is -0.0551. The first kappa shape index (κ1) is 16.8. The lowest BCUT2D eigenvalue weighted by molar-refractivity contribution is 0.284. The Hall–Kier alpha value is -1.29. The van der Waals surface area contributed by atoms with E-state index in [0.29, 0.717) is 25.2 Å². The van der Waals surface area contributed by atoms with Crippen molar-refractivity contribution in [3.05, 3.63) is 23.2 Å². The fourth-order valence-corrected chi connectivity index (χ4v) is 2.37. The molecule has 0 aliphatic carbocycles. The van der Waals surface area contributed by atoms with Gasteiger partial charge in [0, 0.05) is 0 Å². The zero-order chi connectivity index (χ0) is 15.4. The third-order valence-electron chi connectivity index (χ3n) is 2.74. The molecule has 0 unspecified atom stereocenters. The third-order valence-corrected chi connectivity index (χ3v) is 3.94. The number of rotatable bonds is 6. The standard InChI is InChI=1S/C13H17ClN2O3S/c1-13(2,9-15)6-3-7-19-12-5-4-10(8-11(12)14)20(16,17)18/h4-5,8H,3,6-7H2,1-2H3,(H2,16,17,18). The summed E-state index contributed by atoms with van der Waals surface area (Å²) in [7, 11) is -3.77. The minimum atomic E-state index is -3.77. The highest BCUT2D eigenvalue weighted by Crippen LogP contribution is 2.27. The molecule has 0 amide bonds. The highest BCUT2D eigenvalue weighted by molar-refractivity contribution is 7.89. The zero-order valence-electron chi connectivity index (χ0n) is 11.4. The van der Waals surface area contributed by atoms with Crippen LogP contribution in [0, 0.1) is 16.7 Å². The second-order valence-corrected chi connectivity index (χ2v) is 7.05. The highest BCUT2D eigenvalue weighted by atomic mass is 35.5. The van der Waals surface area contributed by atoms with Gasteiger partial charge in [0.15, 0.2) is 0 Å². The lowest BCUT2D eigenvalue weighted by Crippen LogP contribution is -2.12. The van der Waals surface area contributed by atoms with Crippen molar-refractivity contribution in [3.63, 3.8) is 0 Å². The number of hydrogen-bond acceptors (Lipinski definition) is 4. The predicted molar refractivity (Wildman–Crippen MR) is 76.9 cm³/mol. The molecule has 0 aliphatic heterocycles. The summed E-state index contributed by atoms with van der Waals surface area (Å²) in [5.74, 6) is 0.397. The Morgan fingerprint density at radius 1 is 1.45 bits per heavy atom. The lowest BCUT2D eigenvalue weighted by atomic mass is 9.90. The van der Waals surface area contributed by atoms with Crippen LogP contribution in [0.25, 0.3) is 0 Å². The Kier molecular flexibility index (Phi) is 5.40. The molecule has 0 spiro atoms. The first-order valence-corrected chi connectivity index (χ1v) is 7.94. The van der Waals surface area contributed by atoms with E-state index in [0.717, 1.165) is 0 Å². The van der Waals surface area contributed by atoms with E-state index in [1.165, 1.54) is 18.2 Å². The van der Waals surface area contributed by atoms with E-state index >= 15 is 0 Å². The van der Waals surface area contributed by atoms with Gasteiger partial charge in [0.25, 0.3) is 0 Å². The molecule has 0 saturated heterocycles. The Morgan fingerprint density at radius 3 is 2.60 bits per heavy atom. The molecular formula is C13H17ClN2O3S. The number of sulfonamides is 1. The smallest absolute Gasteiger partial charge is 0.238 e. The molecule has 0 fully saturated rings. The van der Waals surface area contributed by atoms with E-state index in [2.05, 4.69) is 6.07 Å². The van der Waals surface area contributed by atoms with Crippen molar-refractivity contribution in [1.82, 2.24) is 0 Å². The second kappa shape index (κ2) is 6.44. The van der Waals surface area contributed by atoms with Crippen LogP contribution in [0.2, 0.25) is 5.02 Å². The molecular weight excluding hydrogens is 300 g/mol. The van der Waals surface area contributed by atoms with Crippen LogP contribution < -0.4 is 9.88 Å². The predicted octanol–water partition coefficient (Wildman–Crippen LogP) is 2.70. The summed E-state index contributed by atoms with van der Waals surface area (Å²) in [5.41, 5.74) is -0.384. The Labute approximate surface area is 124 Å². The summed E-state index contributed by atoms with van der Waals surface area (Å²) in [6.07, 6.45) is 1.41. The van der Waals surface area contributed by atoms with Crippen LogP contribution in [0.1, 0.15) is 26.7 Å². The van der Waals surface area contributed by atoms with Gasteiger partial charge in [-0.05, 0) is 44.9 Å². The minimum Gasteiger partial charge on any atom is -0.492 e. The Balaban J connectivity index is 2.61. The normalized spacial score (nSPS) is 11.9. The number of primary sulfonamides is 1. The molecule has 1 aromatic rings. The molecule has 0 atom stereocenters. The van der Waals surface area contributed by atoms with Crippen LogP contribution in [0.15, 0.2) is 23.1 Å². The Bertz CT molecular complexity index is 621. The molecule has 5 nitrogen and oxygen atoms in total. The molecule has 20 heavy (non-hydrogen) atoms. The molecule has 0 bridgehead atoms. The van der Waals surface area contributed by atoms with E-state index in [-0.39, 0.29) is 15.3 Å². The van der Waals surface area contributed by atoms with Crippen LogP contribution in [-0.2, 0) is 10.0 Å². The number of nitrogens with zero attached hydrogens (tertiary/aromatic N) is 1. The maximum atomic E-state index is 11.1. The van der Waals surface area contributed by atoms with Gasteiger partial charge in [0.1, 0.15) is 5.75 Å². The van der Waals surface area contributed by atoms with Gasteiger partial charge in [-0.25, -0.2) is 13.6 Å². The fraction of sp³-hybridized carbons (Fsp3) is 0.462. The highest BCUT2D eigenvalue weighted by Gasteiger charge is 2.16. The zero-order valence-corrected chi connectivity index (χ0v) is 13.0. The summed E-state index contributed by atoms with van der Waals surface area (Å²) in [6, 6.07) is 6.28. The van der Waals surface area contributed by atoms with Gasteiger partial charge in [-0.3, -0.25) is 0 Å². The van der Waals surface area contributed by atoms with Crippen molar-refractivity contribution in [2.75, 3.05) is 6.61 Å². The van der Waals surface area contributed by atoms with Crippen molar-refractivity contribution in [2.24, 2.45) is 10.6 Å². The average molecular weight is 317 g/mol. The van der Waals surface area contributed by atoms with Gasteiger partial charge in [-0.15, -0.1) is 0 Å². The maximum absolute atomic E-state index is 11.1. The number of benzene rings is 1. The van der Waals surface area contributed by atoms with E-state index in [1.807, 2.05) is 13.8 Å². The quantitative estimate of drug-likeness (QED) is 0.816. The molecule has 7 heteroatoms. The van der Waals surface area contributed by atoms with Crippen LogP contribution >= 0.6 is 11.6 Å². The molecule has 1 aromatic carbocycles. The average Bonchev–Trinajstić information content (AvgIpc) is 2.35. The van der Waals surface area contributed by atoms with Crippen LogP contribution in [0.3, 0.4) is 0 Å². The van der Waals surface area contributed by atoms with E-state index < -0.39 is 10.0 Å². The molecule has 0 aromatic heterocycles. The van der Waals surface area contributed by atoms with Gasteiger partial charge in [0.05, 0.1) is 28.0 Å². The minimum absolute atomic E-state index is 0.0551. The van der Waals surface area contributed by atoms with Crippen molar-refractivity contribution >= 4 is 21.6 Å². The largest absolute Gasteiger partial charge is 0.492 e. The summed E-state index contributed by atoms with van der Waals surface area (Å²) >= 11 is 5.93. The number of nitrogens with two attached hydrogens (primary N) is 1. The van der Waals surface area contributed by atoms with Crippen LogP contribution in [-0.4, -0.2) is 15.0 Å². The number of nitriles is 1. The SMILES string of the molecule is CC(C)(C#N)CCCOc1ccc(S(N)(=O)=O)cc1Cl. The molecule has 0 heterocycles. The molecule has 0 aliphatic rings. The summed E-state index contributed by atoms with van der Waals surface area (Å²) in [6.45, 7) is 4.13. The van der Waals surface area contributed by atoms with E-state index in [4.69, 9.17) is 26.7 Å². The first-order valence-electron chi connectivity index (χ1n) is 6.02. The van der Waals surface area contributed by atoms with Gasteiger partial charge < -0.3 is 4.74 Å². The summed E-state index contributed by atoms with van der Waals surface area (Å²) in [5, 5.41) is 14.1. The van der Waals surface area contributed by atoms with Gasteiger partial charge >= 0.3 is 0 Å². The first-order chi connectivity index (χ1) is 9.15. The molecule has 1 rings (SSSR count). The number of ether oxygens (including phenoxy) is 1. The molecule has 110 valence electrons. The Morgan fingerprint density at radius 2 is 2.10 bits per heavy atom. The van der Waals surface area contributed by atoms with Crippen LogP contribution in [0.4, 0.5) is 0 Å². The van der Waals surface area contributed by atoms with E-state index in [1.54, 1.807) is 0 Å². The molecule has 0 radical (unpaired) electrons. The van der Waals surface area contributed by atoms with Gasteiger partial charge in [-0.1, -0.05) is 11.6 Å².